The smallest absolute Gasteiger partial charge is 0.303 e. The first-order chi connectivity index (χ1) is 13.7. The van der Waals surface area contributed by atoms with E-state index in [9.17, 15) is 9.90 Å². The SMILES string of the molecule is CCCC=CCCC(O)CCCCCCCCCCCCCCCCC(=O)O. The van der Waals surface area contributed by atoms with Crippen LogP contribution >= 0.6 is 0 Å². The summed E-state index contributed by atoms with van der Waals surface area (Å²) in [6, 6.07) is 0. The van der Waals surface area contributed by atoms with Crippen LogP contribution in [0.5, 0.6) is 0 Å². The molecule has 166 valence electrons. The van der Waals surface area contributed by atoms with Crippen molar-refractivity contribution in [3.63, 3.8) is 0 Å². The predicted molar refractivity (Wildman–Crippen MR) is 121 cm³/mol. The van der Waals surface area contributed by atoms with Gasteiger partial charge in [-0.15, -0.1) is 0 Å². The fraction of sp³-hybridized carbons (Fsp3) is 0.880. The molecule has 28 heavy (non-hydrogen) atoms. The number of allylic oxidation sites excluding steroid dienone is 2. The molecule has 0 aromatic carbocycles. The van der Waals surface area contributed by atoms with Gasteiger partial charge in [-0.3, -0.25) is 4.79 Å². The monoisotopic (exact) mass is 396 g/mol. The van der Waals surface area contributed by atoms with Crippen LogP contribution in [0.3, 0.4) is 0 Å². The highest BCUT2D eigenvalue weighted by Gasteiger charge is 2.02. The van der Waals surface area contributed by atoms with Gasteiger partial charge in [0.1, 0.15) is 0 Å². The van der Waals surface area contributed by atoms with E-state index in [1.165, 1.54) is 83.5 Å². The van der Waals surface area contributed by atoms with Crippen LogP contribution in [0.1, 0.15) is 135 Å². The third-order valence-electron chi connectivity index (χ3n) is 5.47. The Morgan fingerprint density at radius 2 is 1.11 bits per heavy atom. The zero-order chi connectivity index (χ0) is 20.7. The Hall–Kier alpha value is -0.830. The van der Waals surface area contributed by atoms with Crippen LogP contribution in [-0.2, 0) is 4.79 Å². The molecule has 0 heterocycles. The number of aliphatic hydroxyl groups is 1. The Morgan fingerprint density at radius 3 is 1.57 bits per heavy atom. The Kier molecular flexibility index (Phi) is 21.8. The van der Waals surface area contributed by atoms with E-state index in [1.54, 1.807) is 0 Å². The minimum absolute atomic E-state index is 0.108. The first kappa shape index (κ1) is 27.2. The molecule has 0 aliphatic heterocycles. The van der Waals surface area contributed by atoms with Crippen LogP contribution in [0, 0.1) is 0 Å². The second-order valence-corrected chi connectivity index (χ2v) is 8.37. The van der Waals surface area contributed by atoms with E-state index in [0.717, 1.165) is 38.5 Å². The summed E-state index contributed by atoms with van der Waals surface area (Å²) in [5.74, 6) is -0.664. The molecular weight excluding hydrogens is 348 g/mol. The highest BCUT2D eigenvalue weighted by molar-refractivity contribution is 5.66. The number of carbonyl (C=O) groups is 1. The Morgan fingerprint density at radius 1 is 0.679 bits per heavy atom. The second-order valence-electron chi connectivity index (χ2n) is 8.37. The minimum Gasteiger partial charge on any atom is -0.481 e. The summed E-state index contributed by atoms with van der Waals surface area (Å²) in [5, 5.41) is 18.6. The maximum absolute atomic E-state index is 10.4. The lowest BCUT2D eigenvalue weighted by Crippen LogP contribution is -2.05. The molecule has 0 bridgehead atoms. The van der Waals surface area contributed by atoms with Gasteiger partial charge in [-0.25, -0.2) is 0 Å². The number of unbranched alkanes of at least 4 members (excludes halogenated alkanes) is 14. The van der Waals surface area contributed by atoms with Gasteiger partial charge in [-0.05, 0) is 32.1 Å². The zero-order valence-electron chi connectivity index (χ0n) is 18.7. The fourth-order valence-corrected chi connectivity index (χ4v) is 3.61. The van der Waals surface area contributed by atoms with Gasteiger partial charge in [0, 0.05) is 6.42 Å². The number of aliphatic carboxylic acids is 1. The normalized spacial score (nSPS) is 12.6. The second kappa shape index (κ2) is 22.5. The van der Waals surface area contributed by atoms with Crippen LogP contribution < -0.4 is 0 Å². The van der Waals surface area contributed by atoms with Gasteiger partial charge in [-0.2, -0.15) is 0 Å². The Balaban J connectivity index is 3.14. The van der Waals surface area contributed by atoms with Crippen LogP contribution in [0.2, 0.25) is 0 Å². The number of carboxylic acid groups (broad SMARTS) is 1. The number of rotatable bonds is 22. The van der Waals surface area contributed by atoms with Crippen LogP contribution in [0.4, 0.5) is 0 Å². The third kappa shape index (κ3) is 23.2. The van der Waals surface area contributed by atoms with Crippen molar-refractivity contribution in [1.82, 2.24) is 0 Å². The molecule has 0 fully saturated rings. The molecule has 0 saturated carbocycles. The molecule has 0 radical (unpaired) electrons. The van der Waals surface area contributed by atoms with E-state index in [2.05, 4.69) is 19.1 Å². The van der Waals surface area contributed by atoms with Gasteiger partial charge in [0.15, 0.2) is 0 Å². The van der Waals surface area contributed by atoms with Crippen molar-refractivity contribution >= 4 is 5.97 Å². The summed E-state index contributed by atoms with van der Waals surface area (Å²) in [7, 11) is 0. The number of aliphatic hydroxyl groups excluding tert-OH is 1. The molecular formula is C25H48O3. The molecule has 1 unspecified atom stereocenters. The van der Waals surface area contributed by atoms with Crippen LogP contribution in [0.25, 0.3) is 0 Å². The number of hydrogen-bond donors (Lipinski definition) is 2. The topological polar surface area (TPSA) is 57.5 Å². The number of hydrogen-bond acceptors (Lipinski definition) is 2. The van der Waals surface area contributed by atoms with Gasteiger partial charge >= 0.3 is 5.97 Å². The summed E-state index contributed by atoms with van der Waals surface area (Å²) >= 11 is 0. The zero-order valence-corrected chi connectivity index (χ0v) is 18.7. The molecule has 0 aliphatic rings. The summed E-state index contributed by atoms with van der Waals surface area (Å²) in [4.78, 5) is 10.4. The lowest BCUT2D eigenvalue weighted by Gasteiger charge is -2.08. The molecule has 0 aliphatic carbocycles. The van der Waals surface area contributed by atoms with E-state index < -0.39 is 5.97 Å². The average Bonchev–Trinajstić information content (AvgIpc) is 2.67. The summed E-state index contributed by atoms with van der Waals surface area (Å²) in [6.07, 6.45) is 27.5. The minimum atomic E-state index is -0.664. The summed E-state index contributed by atoms with van der Waals surface area (Å²) in [5.41, 5.74) is 0. The van der Waals surface area contributed by atoms with E-state index in [1.807, 2.05) is 0 Å². The van der Waals surface area contributed by atoms with Gasteiger partial charge in [0.05, 0.1) is 6.10 Å². The highest BCUT2D eigenvalue weighted by Crippen LogP contribution is 2.15. The van der Waals surface area contributed by atoms with Gasteiger partial charge in [0.25, 0.3) is 0 Å². The van der Waals surface area contributed by atoms with Crippen molar-refractivity contribution in [2.45, 2.75) is 141 Å². The molecule has 0 spiro atoms. The third-order valence-corrected chi connectivity index (χ3v) is 5.47. The predicted octanol–water partition coefficient (Wildman–Crippen LogP) is 7.81. The first-order valence-electron chi connectivity index (χ1n) is 12.2. The molecule has 0 aromatic heterocycles. The van der Waals surface area contributed by atoms with Crippen LogP contribution in [0.15, 0.2) is 12.2 Å². The molecule has 0 saturated heterocycles. The maximum Gasteiger partial charge on any atom is 0.303 e. The molecule has 0 aromatic rings. The largest absolute Gasteiger partial charge is 0.481 e. The Bertz CT molecular complexity index is 352. The van der Waals surface area contributed by atoms with E-state index >= 15 is 0 Å². The van der Waals surface area contributed by atoms with Gasteiger partial charge < -0.3 is 10.2 Å². The van der Waals surface area contributed by atoms with Crippen molar-refractivity contribution in [2.75, 3.05) is 0 Å². The van der Waals surface area contributed by atoms with E-state index in [0.29, 0.717) is 6.42 Å². The maximum atomic E-state index is 10.4. The quantitative estimate of drug-likeness (QED) is 0.145. The lowest BCUT2D eigenvalue weighted by molar-refractivity contribution is -0.137. The molecule has 3 nitrogen and oxygen atoms in total. The number of carboxylic acids is 1. The van der Waals surface area contributed by atoms with Gasteiger partial charge in [0.2, 0.25) is 0 Å². The molecule has 0 amide bonds. The average molecular weight is 397 g/mol. The molecule has 3 heteroatoms. The summed E-state index contributed by atoms with van der Waals surface area (Å²) < 4.78 is 0. The fourth-order valence-electron chi connectivity index (χ4n) is 3.61. The standard InChI is InChI=1S/C25H48O3/c1-2-3-4-15-18-21-24(26)22-19-16-13-11-9-7-5-6-8-10-12-14-17-20-23-25(27)28/h4,15,24,26H,2-3,5-14,16-23H2,1H3,(H,27,28). The van der Waals surface area contributed by atoms with Crippen molar-refractivity contribution in [2.24, 2.45) is 0 Å². The van der Waals surface area contributed by atoms with Crippen molar-refractivity contribution in [3.8, 4) is 0 Å². The van der Waals surface area contributed by atoms with E-state index in [4.69, 9.17) is 5.11 Å². The molecule has 2 N–H and O–H groups in total. The highest BCUT2D eigenvalue weighted by atomic mass is 16.4. The lowest BCUT2D eigenvalue weighted by atomic mass is 10.0. The van der Waals surface area contributed by atoms with Gasteiger partial charge in [-0.1, -0.05) is 109 Å². The van der Waals surface area contributed by atoms with Crippen LogP contribution in [-0.4, -0.2) is 22.3 Å². The molecule has 1 atom stereocenters. The van der Waals surface area contributed by atoms with Crippen molar-refractivity contribution in [3.05, 3.63) is 12.2 Å². The van der Waals surface area contributed by atoms with E-state index in [-0.39, 0.29) is 6.10 Å². The van der Waals surface area contributed by atoms with Crippen molar-refractivity contribution < 1.29 is 15.0 Å². The molecule has 0 rings (SSSR count). The Labute approximate surface area is 175 Å². The summed E-state index contributed by atoms with van der Waals surface area (Å²) in [6.45, 7) is 2.19. The first-order valence-corrected chi connectivity index (χ1v) is 12.2. The van der Waals surface area contributed by atoms with Crippen molar-refractivity contribution in [1.29, 1.82) is 0 Å².